The molecule has 1 N–H and O–H groups in total. The first-order chi connectivity index (χ1) is 13.0. The molecule has 0 saturated carbocycles. The van der Waals surface area contributed by atoms with Gasteiger partial charge in [0, 0.05) is 0 Å². The molecule has 27 heavy (non-hydrogen) atoms. The maximum Gasteiger partial charge on any atom is 0.328 e. The molecule has 0 aliphatic rings. The van der Waals surface area contributed by atoms with Gasteiger partial charge in [0.05, 0.1) is 12.5 Å². The number of hydrogen-bond donors (Lipinski definition) is 1. The third-order valence-corrected chi connectivity index (χ3v) is 4.85. The zero-order chi connectivity index (χ0) is 19.7. The Labute approximate surface area is 161 Å². The van der Waals surface area contributed by atoms with Crippen LogP contribution in [-0.4, -0.2) is 25.0 Å². The Morgan fingerprint density at radius 3 is 2.04 bits per heavy atom. The number of carbonyl (C=O) groups is 2. The first-order valence-corrected chi connectivity index (χ1v) is 9.14. The molecule has 4 heteroatoms. The third kappa shape index (κ3) is 4.85. The molecule has 0 saturated heterocycles. The molecule has 0 aromatic heterocycles. The van der Waals surface area contributed by atoms with Crippen LogP contribution in [0.15, 0.2) is 73.3 Å². The smallest absolute Gasteiger partial charge is 0.328 e. The van der Waals surface area contributed by atoms with Crippen LogP contribution < -0.4 is 5.32 Å². The molecule has 1 atom stereocenters. The number of unbranched alkanes of at least 4 members (excludes halogenated alkanes) is 1. The van der Waals surface area contributed by atoms with Crippen molar-refractivity contribution in [3.05, 3.63) is 84.4 Å². The SMILES string of the molecule is C=CCCC[C@H](NC(=O)C(C)(c1ccccc1)c1ccccc1)C(=O)OC. The quantitative estimate of drug-likeness (QED) is 0.415. The lowest BCUT2D eigenvalue weighted by Gasteiger charge is -2.31. The van der Waals surface area contributed by atoms with E-state index in [1.807, 2.05) is 67.6 Å². The second-order valence-corrected chi connectivity index (χ2v) is 6.63. The fourth-order valence-electron chi connectivity index (χ4n) is 3.13. The van der Waals surface area contributed by atoms with E-state index in [0.29, 0.717) is 6.42 Å². The van der Waals surface area contributed by atoms with Crippen molar-refractivity contribution in [1.29, 1.82) is 0 Å². The Hall–Kier alpha value is -2.88. The van der Waals surface area contributed by atoms with Gasteiger partial charge >= 0.3 is 5.97 Å². The monoisotopic (exact) mass is 365 g/mol. The van der Waals surface area contributed by atoms with Crippen molar-refractivity contribution in [2.45, 2.75) is 37.6 Å². The van der Waals surface area contributed by atoms with Gasteiger partial charge in [0.1, 0.15) is 6.04 Å². The van der Waals surface area contributed by atoms with E-state index in [4.69, 9.17) is 4.74 Å². The summed E-state index contributed by atoms with van der Waals surface area (Å²) in [6.07, 6.45) is 3.83. The highest BCUT2D eigenvalue weighted by atomic mass is 16.5. The second kappa shape index (κ2) is 9.72. The van der Waals surface area contributed by atoms with Gasteiger partial charge in [-0.05, 0) is 37.3 Å². The molecule has 2 aromatic rings. The molecule has 142 valence electrons. The fraction of sp³-hybridized carbons (Fsp3) is 0.304. The minimum atomic E-state index is -0.923. The molecule has 0 aliphatic carbocycles. The Balaban J connectivity index is 2.36. The molecule has 0 fully saturated rings. The lowest BCUT2D eigenvalue weighted by molar-refractivity contribution is -0.145. The van der Waals surface area contributed by atoms with E-state index in [2.05, 4.69) is 11.9 Å². The predicted molar refractivity (Wildman–Crippen MR) is 107 cm³/mol. The molecular weight excluding hydrogens is 338 g/mol. The number of allylic oxidation sites excluding steroid dienone is 1. The summed E-state index contributed by atoms with van der Waals surface area (Å²) in [7, 11) is 1.34. The zero-order valence-electron chi connectivity index (χ0n) is 16.0. The molecule has 2 aromatic carbocycles. The average molecular weight is 365 g/mol. The number of methoxy groups -OCH3 is 1. The topological polar surface area (TPSA) is 55.4 Å². The molecule has 2 rings (SSSR count). The minimum absolute atomic E-state index is 0.228. The summed E-state index contributed by atoms with van der Waals surface area (Å²) >= 11 is 0. The highest BCUT2D eigenvalue weighted by molar-refractivity contribution is 5.94. The van der Waals surface area contributed by atoms with Crippen LogP contribution in [-0.2, 0) is 19.7 Å². The van der Waals surface area contributed by atoms with Crippen LogP contribution in [0.25, 0.3) is 0 Å². The molecule has 1 amide bonds. The van der Waals surface area contributed by atoms with Crippen LogP contribution >= 0.6 is 0 Å². The largest absolute Gasteiger partial charge is 0.467 e. The summed E-state index contributed by atoms with van der Waals surface area (Å²) in [6, 6.07) is 18.5. The molecular formula is C23H27NO3. The normalized spacial score (nSPS) is 12.1. The molecule has 0 aliphatic heterocycles. The van der Waals surface area contributed by atoms with Crippen LogP contribution in [0.3, 0.4) is 0 Å². The van der Waals surface area contributed by atoms with Gasteiger partial charge in [-0.25, -0.2) is 4.79 Å². The van der Waals surface area contributed by atoms with Gasteiger partial charge in [-0.1, -0.05) is 66.7 Å². The number of hydrogen-bond acceptors (Lipinski definition) is 3. The van der Waals surface area contributed by atoms with Gasteiger partial charge < -0.3 is 10.1 Å². The summed E-state index contributed by atoms with van der Waals surface area (Å²) in [5, 5.41) is 2.92. The van der Waals surface area contributed by atoms with E-state index >= 15 is 0 Å². The third-order valence-electron chi connectivity index (χ3n) is 4.85. The van der Waals surface area contributed by atoms with Crippen LogP contribution in [0, 0.1) is 0 Å². The van der Waals surface area contributed by atoms with E-state index in [1.165, 1.54) is 7.11 Å². The lowest BCUT2D eigenvalue weighted by Crippen LogP contribution is -2.50. The summed E-state index contributed by atoms with van der Waals surface area (Å²) in [4.78, 5) is 25.6. The highest BCUT2D eigenvalue weighted by Gasteiger charge is 2.38. The van der Waals surface area contributed by atoms with Gasteiger partial charge in [0.15, 0.2) is 0 Å². The van der Waals surface area contributed by atoms with Crippen molar-refractivity contribution < 1.29 is 14.3 Å². The Bertz CT molecular complexity index is 716. The summed E-state index contributed by atoms with van der Waals surface area (Å²) in [5.74, 6) is -0.662. The van der Waals surface area contributed by atoms with Crippen LogP contribution in [0.5, 0.6) is 0 Å². The molecule has 0 bridgehead atoms. The van der Waals surface area contributed by atoms with Crippen LogP contribution in [0.2, 0.25) is 0 Å². The van der Waals surface area contributed by atoms with E-state index < -0.39 is 17.4 Å². The first-order valence-electron chi connectivity index (χ1n) is 9.14. The first kappa shape index (κ1) is 20.4. The standard InChI is InChI=1S/C23H27NO3/c1-4-5-8-17-20(21(25)27-3)24-22(26)23(2,18-13-9-6-10-14-18)19-15-11-7-12-16-19/h4,6-7,9-16,20H,1,5,8,17H2,2-3H3,(H,24,26)/t20-/m0/s1. The number of nitrogens with one attached hydrogen (secondary N) is 1. The van der Waals surface area contributed by atoms with Gasteiger partial charge in [0.2, 0.25) is 5.91 Å². The Morgan fingerprint density at radius 1 is 1.07 bits per heavy atom. The molecule has 0 heterocycles. The average Bonchev–Trinajstić information content (AvgIpc) is 2.73. The summed E-state index contributed by atoms with van der Waals surface area (Å²) in [6.45, 7) is 5.58. The number of carbonyl (C=O) groups excluding carboxylic acids is 2. The van der Waals surface area contributed by atoms with Gasteiger partial charge in [0.25, 0.3) is 0 Å². The van der Waals surface area contributed by atoms with Crippen LogP contribution in [0.4, 0.5) is 0 Å². The maximum absolute atomic E-state index is 13.4. The Morgan fingerprint density at radius 2 is 1.59 bits per heavy atom. The number of ether oxygens (including phenoxy) is 1. The van der Waals surface area contributed by atoms with Crippen molar-refractivity contribution in [3.63, 3.8) is 0 Å². The summed E-state index contributed by atoms with van der Waals surface area (Å²) < 4.78 is 4.89. The van der Waals surface area contributed by atoms with Gasteiger partial charge in [-0.3, -0.25) is 4.79 Å². The Kier molecular flexibility index (Phi) is 7.35. The maximum atomic E-state index is 13.4. The van der Waals surface area contributed by atoms with Crippen molar-refractivity contribution in [2.75, 3.05) is 7.11 Å². The number of rotatable bonds is 9. The van der Waals surface area contributed by atoms with Crippen molar-refractivity contribution in [1.82, 2.24) is 5.32 Å². The molecule has 0 spiro atoms. The van der Waals surface area contributed by atoms with Crippen molar-refractivity contribution in [2.24, 2.45) is 0 Å². The fourth-order valence-corrected chi connectivity index (χ4v) is 3.13. The predicted octanol–water partition coefficient (Wildman–Crippen LogP) is 4.01. The van der Waals surface area contributed by atoms with Gasteiger partial charge in [-0.2, -0.15) is 0 Å². The lowest BCUT2D eigenvalue weighted by atomic mass is 9.75. The van der Waals surface area contributed by atoms with Crippen molar-refractivity contribution in [3.8, 4) is 0 Å². The van der Waals surface area contributed by atoms with E-state index in [9.17, 15) is 9.59 Å². The highest BCUT2D eigenvalue weighted by Crippen LogP contribution is 2.32. The molecule has 4 nitrogen and oxygen atoms in total. The second-order valence-electron chi connectivity index (χ2n) is 6.63. The van der Waals surface area contributed by atoms with Gasteiger partial charge in [-0.15, -0.1) is 6.58 Å². The number of esters is 1. The van der Waals surface area contributed by atoms with E-state index in [0.717, 1.165) is 24.0 Å². The molecule has 0 radical (unpaired) electrons. The van der Waals surface area contributed by atoms with Crippen molar-refractivity contribution >= 4 is 11.9 Å². The van der Waals surface area contributed by atoms with E-state index in [-0.39, 0.29) is 5.91 Å². The zero-order valence-corrected chi connectivity index (χ0v) is 16.0. The van der Waals surface area contributed by atoms with E-state index in [1.54, 1.807) is 6.08 Å². The number of benzene rings is 2. The molecule has 0 unspecified atom stereocenters. The summed E-state index contributed by atoms with van der Waals surface area (Å²) in [5.41, 5.74) is 0.805. The minimum Gasteiger partial charge on any atom is -0.467 e. The number of amides is 1. The van der Waals surface area contributed by atoms with Crippen LogP contribution in [0.1, 0.15) is 37.3 Å².